The van der Waals surface area contributed by atoms with Crippen molar-refractivity contribution < 1.29 is 27.6 Å². The van der Waals surface area contributed by atoms with Crippen LogP contribution in [0.1, 0.15) is 11.1 Å². The molecule has 3 aromatic carbocycles. The Kier molecular flexibility index (Phi) is 5.93. The Balaban J connectivity index is 1.63. The molecule has 0 aliphatic heterocycles. The molecule has 0 aliphatic carbocycles. The van der Waals surface area contributed by atoms with E-state index in [-0.39, 0.29) is 17.9 Å². The molecule has 0 saturated heterocycles. The van der Waals surface area contributed by atoms with Gasteiger partial charge < -0.3 is 9.84 Å². The van der Waals surface area contributed by atoms with Crippen molar-refractivity contribution in [1.82, 2.24) is 4.40 Å². The highest BCUT2D eigenvalue weighted by Gasteiger charge is 2.44. The van der Waals surface area contributed by atoms with Gasteiger partial charge in [0, 0.05) is 11.6 Å². The zero-order chi connectivity index (χ0) is 25.3. The van der Waals surface area contributed by atoms with Gasteiger partial charge in [-0.15, -0.1) is 0 Å². The van der Waals surface area contributed by atoms with Gasteiger partial charge in [-0.3, -0.25) is 0 Å². The van der Waals surface area contributed by atoms with Gasteiger partial charge >= 0.3 is 17.6 Å². The van der Waals surface area contributed by atoms with Crippen LogP contribution in [-0.4, -0.2) is 9.51 Å². The minimum absolute atomic E-state index is 0.109. The minimum atomic E-state index is -5.05. The van der Waals surface area contributed by atoms with Crippen LogP contribution in [0.3, 0.4) is 0 Å². The number of benzene rings is 3. The molecule has 8 heteroatoms. The SMILES string of the molecule is O=c1c(C(F)(F)F)c(O)[n+](Cc2ccc(Oc3ccccc3)cc2)c2cccc(-c3ccccc3)n12. The molecule has 180 valence electrons. The monoisotopic (exact) mass is 489 g/mol. The van der Waals surface area contributed by atoms with Crippen molar-refractivity contribution in [1.29, 1.82) is 0 Å². The number of pyridine rings is 1. The van der Waals surface area contributed by atoms with E-state index >= 15 is 0 Å². The number of hydrogen-bond donors (Lipinski definition) is 1. The van der Waals surface area contributed by atoms with Gasteiger partial charge in [-0.2, -0.15) is 22.1 Å². The Bertz CT molecular complexity index is 1580. The van der Waals surface area contributed by atoms with E-state index in [0.29, 0.717) is 22.6 Å². The molecule has 0 atom stereocenters. The highest BCUT2D eigenvalue weighted by molar-refractivity contribution is 5.62. The molecule has 0 amide bonds. The van der Waals surface area contributed by atoms with E-state index in [9.17, 15) is 23.1 Å². The highest BCUT2D eigenvalue weighted by atomic mass is 19.4. The zero-order valence-electron chi connectivity index (χ0n) is 18.8. The van der Waals surface area contributed by atoms with Crippen LogP contribution in [0.25, 0.3) is 16.9 Å². The van der Waals surface area contributed by atoms with E-state index in [1.807, 2.05) is 18.2 Å². The van der Waals surface area contributed by atoms with Gasteiger partial charge in [0.05, 0.1) is 0 Å². The molecule has 0 bridgehead atoms. The highest BCUT2D eigenvalue weighted by Crippen LogP contribution is 2.32. The van der Waals surface area contributed by atoms with Gasteiger partial charge in [0.2, 0.25) is 5.56 Å². The first-order chi connectivity index (χ1) is 17.3. The van der Waals surface area contributed by atoms with E-state index in [1.54, 1.807) is 78.9 Å². The van der Waals surface area contributed by atoms with E-state index in [0.717, 1.165) is 8.97 Å². The molecule has 0 unspecified atom stereocenters. The van der Waals surface area contributed by atoms with Crippen LogP contribution in [0, 0.1) is 0 Å². The molecular formula is C28H20F3N2O3+. The molecule has 2 aromatic heterocycles. The Morgan fingerprint density at radius 2 is 1.39 bits per heavy atom. The molecule has 0 spiro atoms. The third-order valence-corrected chi connectivity index (χ3v) is 5.74. The Morgan fingerprint density at radius 1 is 0.778 bits per heavy atom. The predicted molar refractivity (Wildman–Crippen MR) is 128 cm³/mol. The van der Waals surface area contributed by atoms with E-state index in [4.69, 9.17) is 4.74 Å². The van der Waals surface area contributed by atoms with Crippen LogP contribution in [0.2, 0.25) is 0 Å². The van der Waals surface area contributed by atoms with Crippen LogP contribution < -0.4 is 14.9 Å². The fourth-order valence-electron chi connectivity index (χ4n) is 4.08. The molecule has 5 nitrogen and oxygen atoms in total. The second-order valence-corrected chi connectivity index (χ2v) is 8.12. The fourth-order valence-corrected chi connectivity index (χ4v) is 4.08. The largest absolute Gasteiger partial charge is 0.477 e. The van der Waals surface area contributed by atoms with E-state index < -0.39 is 23.2 Å². The maximum Gasteiger partial charge on any atom is 0.431 e. The van der Waals surface area contributed by atoms with Crippen LogP contribution >= 0.6 is 0 Å². The van der Waals surface area contributed by atoms with E-state index in [2.05, 4.69) is 0 Å². The number of alkyl halides is 3. The van der Waals surface area contributed by atoms with Crippen molar-refractivity contribution in [3.05, 3.63) is 125 Å². The van der Waals surface area contributed by atoms with Gasteiger partial charge in [0.15, 0.2) is 0 Å². The minimum Gasteiger partial charge on any atom is -0.477 e. The van der Waals surface area contributed by atoms with Gasteiger partial charge in [-0.1, -0.05) is 60.7 Å². The maximum absolute atomic E-state index is 13.9. The first-order valence-corrected chi connectivity index (χ1v) is 11.1. The summed E-state index contributed by atoms with van der Waals surface area (Å²) in [5.41, 5.74) is -1.38. The molecule has 2 heterocycles. The zero-order valence-corrected chi connectivity index (χ0v) is 18.8. The summed E-state index contributed by atoms with van der Waals surface area (Å²) in [6.07, 6.45) is -5.05. The summed E-state index contributed by atoms with van der Waals surface area (Å²) < 4.78 is 49.7. The number of halogens is 3. The molecular weight excluding hydrogens is 469 g/mol. The fraction of sp³-hybridized carbons (Fsp3) is 0.0714. The van der Waals surface area contributed by atoms with Gasteiger partial charge in [-0.05, 0) is 42.0 Å². The number of fused-ring (bicyclic) bond motifs is 1. The lowest BCUT2D eigenvalue weighted by atomic mass is 10.1. The number of aromatic nitrogens is 2. The van der Waals surface area contributed by atoms with Gasteiger partial charge in [-0.25, -0.2) is 4.79 Å². The topological polar surface area (TPSA) is 54.8 Å². The summed E-state index contributed by atoms with van der Waals surface area (Å²) in [4.78, 5) is 13.1. The van der Waals surface area contributed by atoms with E-state index in [1.165, 1.54) is 6.07 Å². The summed E-state index contributed by atoms with van der Waals surface area (Å²) in [7, 11) is 0. The quantitative estimate of drug-likeness (QED) is 0.317. The van der Waals surface area contributed by atoms with Crippen LogP contribution in [0.15, 0.2) is 108 Å². The van der Waals surface area contributed by atoms with Crippen molar-refractivity contribution in [3.8, 4) is 28.6 Å². The lowest BCUT2D eigenvalue weighted by molar-refractivity contribution is -0.673. The van der Waals surface area contributed by atoms with Crippen molar-refractivity contribution >= 4 is 5.65 Å². The number of para-hydroxylation sites is 1. The number of ether oxygens (including phenoxy) is 1. The normalized spacial score (nSPS) is 11.5. The van der Waals surface area contributed by atoms with Gasteiger partial charge in [0.1, 0.15) is 23.7 Å². The molecule has 5 rings (SSSR count). The summed E-state index contributed by atoms with van der Waals surface area (Å²) in [5.74, 6) is 0.0620. The third kappa shape index (κ3) is 4.40. The second kappa shape index (κ2) is 9.22. The number of nitrogens with zero attached hydrogens (tertiary/aromatic N) is 2. The lowest BCUT2D eigenvalue weighted by Crippen LogP contribution is -2.44. The number of rotatable bonds is 5. The first-order valence-electron chi connectivity index (χ1n) is 11.1. The summed E-state index contributed by atoms with van der Waals surface area (Å²) >= 11 is 0. The van der Waals surface area contributed by atoms with Crippen LogP contribution in [0.4, 0.5) is 13.2 Å². The van der Waals surface area contributed by atoms with Crippen LogP contribution in [0.5, 0.6) is 17.4 Å². The number of hydrogen-bond acceptors (Lipinski definition) is 3. The van der Waals surface area contributed by atoms with Crippen LogP contribution in [-0.2, 0) is 12.7 Å². The Hall–Kier alpha value is -4.59. The summed E-state index contributed by atoms with van der Waals surface area (Å²) in [6.45, 7) is -0.109. The molecule has 0 aliphatic rings. The van der Waals surface area contributed by atoms with Crippen molar-refractivity contribution in [3.63, 3.8) is 0 Å². The molecule has 0 saturated carbocycles. The Morgan fingerprint density at radius 3 is 2.03 bits per heavy atom. The summed E-state index contributed by atoms with van der Waals surface area (Å²) in [6, 6.07) is 29.3. The summed E-state index contributed by atoms with van der Waals surface area (Å²) in [5, 5.41) is 10.7. The number of aromatic hydroxyl groups is 1. The molecule has 1 N–H and O–H groups in total. The Labute approximate surface area is 203 Å². The average molecular weight is 489 g/mol. The molecule has 36 heavy (non-hydrogen) atoms. The van der Waals surface area contributed by atoms with Gasteiger partial charge in [0.25, 0.3) is 5.65 Å². The standard InChI is InChI=1S/C28H19F3N2O3/c29-28(30,31)25-26(34)32(18-19-14-16-22(17-15-19)36-21-10-5-2-6-11-21)24-13-7-12-23(33(24)27(25)35)20-8-3-1-4-9-20/h1-17H,18H2/p+1. The lowest BCUT2D eigenvalue weighted by Gasteiger charge is -2.14. The average Bonchev–Trinajstić information content (AvgIpc) is 2.87. The smallest absolute Gasteiger partial charge is 0.431 e. The molecule has 0 fully saturated rings. The second-order valence-electron chi connectivity index (χ2n) is 8.12. The molecule has 0 radical (unpaired) electrons. The third-order valence-electron chi connectivity index (χ3n) is 5.74. The van der Waals surface area contributed by atoms with Crippen molar-refractivity contribution in [2.75, 3.05) is 0 Å². The predicted octanol–water partition coefficient (Wildman–Crippen LogP) is 5.82. The molecule has 5 aromatic rings. The first kappa shape index (κ1) is 23.2. The van der Waals surface area contributed by atoms with Crippen molar-refractivity contribution in [2.45, 2.75) is 12.7 Å². The van der Waals surface area contributed by atoms with Crippen molar-refractivity contribution in [2.24, 2.45) is 0 Å². The maximum atomic E-state index is 13.9.